The molecule has 0 bridgehead atoms. The Labute approximate surface area is 126 Å². The van der Waals surface area contributed by atoms with Crippen LogP contribution in [0.2, 0.25) is 0 Å². The van der Waals surface area contributed by atoms with Gasteiger partial charge in [-0.05, 0) is 39.0 Å². The van der Waals surface area contributed by atoms with Crippen LogP contribution in [0.15, 0.2) is 22.7 Å². The molecule has 0 aliphatic heterocycles. The molecule has 0 fully saturated rings. The van der Waals surface area contributed by atoms with Crippen LogP contribution in [0, 0.1) is 0 Å². The minimum absolute atomic E-state index is 0.00569. The van der Waals surface area contributed by atoms with Gasteiger partial charge >= 0.3 is 5.97 Å². The van der Waals surface area contributed by atoms with E-state index in [0.29, 0.717) is 11.3 Å². The Bertz CT molecular complexity index is 502. The first kappa shape index (κ1) is 16.5. The van der Waals surface area contributed by atoms with E-state index in [-0.39, 0.29) is 18.4 Å². The van der Waals surface area contributed by atoms with Gasteiger partial charge in [-0.25, -0.2) is 0 Å². The molecule has 1 atom stereocenters. The number of amides is 1. The third kappa shape index (κ3) is 5.61. The van der Waals surface area contributed by atoms with Crippen LogP contribution >= 0.6 is 15.9 Å². The maximum Gasteiger partial charge on any atom is 0.305 e. The highest BCUT2D eigenvalue weighted by molar-refractivity contribution is 9.10. The Morgan fingerprint density at radius 1 is 1.30 bits per heavy atom. The summed E-state index contributed by atoms with van der Waals surface area (Å²) in [7, 11) is 0. The van der Waals surface area contributed by atoms with E-state index in [9.17, 15) is 9.59 Å². The highest BCUT2D eigenvalue weighted by Crippen LogP contribution is 2.22. The molecule has 1 rings (SSSR count). The number of aliphatic carboxylic acids is 1. The van der Waals surface area contributed by atoms with Crippen molar-refractivity contribution in [1.29, 1.82) is 0 Å². The molecule has 6 heteroatoms. The van der Waals surface area contributed by atoms with Crippen LogP contribution in [0.25, 0.3) is 0 Å². The fourth-order valence-electron chi connectivity index (χ4n) is 1.65. The van der Waals surface area contributed by atoms with Crippen molar-refractivity contribution in [1.82, 2.24) is 5.32 Å². The van der Waals surface area contributed by atoms with E-state index < -0.39 is 12.0 Å². The van der Waals surface area contributed by atoms with Crippen molar-refractivity contribution in [3.8, 4) is 5.75 Å². The summed E-state index contributed by atoms with van der Waals surface area (Å²) in [5, 5.41) is 11.3. The van der Waals surface area contributed by atoms with Crippen molar-refractivity contribution in [3.63, 3.8) is 0 Å². The normalized spacial score (nSPS) is 12.1. The lowest BCUT2D eigenvalue weighted by molar-refractivity contribution is -0.137. The van der Waals surface area contributed by atoms with E-state index in [0.717, 1.165) is 4.47 Å². The lowest BCUT2D eigenvalue weighted by Gasteiger charge is -2.14. The third-order valence-electron chi connectivity index (χ3n) is 2.36. The van der Waals surface area contributed by atoms with Crippen molar-refractivity contribution in [2.45, 2.75) is 39.3 Å². The van der Waals surface area contributed by atoms with E-state index in [1.165, 1.54) is 0 Å². The van der Waals surface area contributed by atoms with Crippen molar-refractivity contribution in [2.24, 2.45) is 0 Å². The predicted octanol–water partition coefficient (Wildman–Crippen LogP) is 2.83. The van der Waals surface area contributed by atoms with Gasteiger partial charge in [-0.3, -0.25) is 9.59 Å². The number of hydrogen-bond acceptors (Lipinski definition) is 3. The number of nitrogens with one attached hydrogen (secondary N) is 1. The zero-order valence-electron chi connectivity index (χ0n) is 11.6. The Kier molecular flexibility index (Phi) is 6.01. The van der Waals surface area contributed by atoms with Gasteiger partial charge in [0, 0.05) is 16.1 Å². The SMILES string of the molecule is CC(CC(=O)O)NC(=O)c1cc(Br)cc(OC(C)C)c1. The molecular formula is C14H18BrNO4. The molecule has 20 heavy (non-hydrogen) atoms. The van der Waals surface area contributed by atoms with Crippen molar-refractivity contribution >= 4 is 27.8 Å². The van der Waals surface area contributed by atoms with Crippen LogP contribution in [0.3, 0.4) is 0 Å². The number of carboxylic acid groups (broad SMARTS) is 1. The first-order valence-electron chi connectivity index (χ1n) is 6.28. The molecule has 0 saturated carbocycles. The molecule has 0 spiro atoms. The fourth-order valence-corrected chi connectivity index (χ4v) is 2.13. The number of halogens is 1. The maximum atomic E-state index is 12.0. The molecule has 0 heterocycles. The highest BCUT2D eigenvalue weighted by Gasteiger charge is 2.14. The standard InChI is InChI=1S/C14H18BrNO4/c1-8(2)20-12-6-10(5-11(15)7-12)14(19)16-9(3)4-13(17)18/h5-9H,4H2,1-3H3,(H,16,19)(H,17,18). The molecule has 1 aromatic carbocycles. The number of carbonyl (C=O) groups excluding carboxylic acids is 1. The summed E-state index contributed by atoms with van der Waals surface area (Å²) in [6.45, 7) is 5.45. The van der Waals surface area contributed by atoms with Crippen LogP contribution in [-0.4, -0.2) is 29.1 Å². The molecule has 1 aromatic rings. The van der Waals surface area contributed by atoms with Gasteiger partial charge in [0.25, 0.3) is 5.91 Å². The Morgan fingerprint density at radius 2 is 1.95 bits per heavy atom. The van der Waals surface area contributed by atoms with Gasteiger partial charge < -0.3 is 15.2 Å². The number of carboxylic acids is 1. The van der Waals surface area contributed by atoms with Crippen molar-refractivity contribution in [3.05, 3.63) is 28.2 Å². The van der Waals surface area contributed by atoms with Crippen molar-refractivity contribution in [2.75, 3.05) is 0 Å². The largest absolute Gasteiger partial charge is 0.491 e. The van der Waals surface area contributed by atoms with Gasteiger partial charge in [0.15, 0.2) is 0 Å². The summed E-state index contributed by atoms with van der Waals surface area (Å²) in [5.41, 5.74) is 0.423. The summed E-state index contributed by atoms with van der Waals surface area (Å²) in [4.78, 5) is 22.6. The van der Waals surface area contributed by atoms with E-state index in [1.54, 1.807) is 25.1 Å². The molecule has 1 amide bonds. The van der Waals surface area contributed by atoms with Gasteiger partial charge in [0.2, 0.25) is 0 Å². The quantitative estimate of drug-likeness (QED) is 0.832. The summed E-state index contributed by atoms with van der Waals surface area (Å²) in [5.74, 6) is -0.685. The molecule has 1 unspecified atom stereocenters. The second-order valence-electron chi connectivity index (χ2n) is 4.81. The summed E-state index contributed by atoms with van der Waals surface area (Å²) < 4.78 is 6.28. The molecule has 110 valence electrons. The zero-order chi connectivity index (χ0) is 15.3. The van der Waals surface area contributed by atoms with Crippen LogP contribution in [-0.2, 0) is 4.79 Å². The topological polar surface area (TPSA) is 75.6 Å². The monoisotopic (exact) mass is 343 g/mol. The van der Waals surface area contributed by atoms with Gasteiger partial charge in [-0.2, -0.15) is 0 Å². The molecule has 0 aromatic heterocycles. The number of carbonyl (C=O) groups is 2. The molecule has 0 saturated heterocycles. The van der Waals surface area contributed by atoms with Crippen molar-refractivity contribution < 1.29 is 19.4 Å². The molecular weight excluding hydrogens is 326 g/mol. The average Bonchev–Trinajstić information content (AvgIpc) is 2.25. The molecule has 0 aliphatic rings. The number of benzene rings is 1. The van der Waals surface area contributed by atoms with Crippen LogP contribution in [0.1, 0.15) is 37.6 Å². The second-order valence-corrected chi connectivity index (χ2v) is 5.73. The second kappa shape index (κ2) is 7.28. The maximum absolute atomic E-state index is 12.0. The summed E-state index contributed by atoms with van der Waals surface area (Å²) in [6.07, 6.45) is -0.110. The fraction of sp³-hybridized carbons (Fsp3) is 0.429. The minimum Gasteiger partial charge on any atom is -0.491 e. The zero-order valence-corrected chi connectivity index (χ0v) is 13.2. The van der Waals surface area contributed by atoms with E-state index in [1.807, 2.05) is 13.8 Å². The van der Waals surface area contributed by atoms with E-state index in [2.05, 4.69) is 21.2 Å². The lowest BCUT2D eigenvalue weighted by atomic mass is 10.1. The lowest BCUT2D eigenvalue weighted by Crippen LogP contribution is -2.34. The first-order valence-corrected chi connectivity index (χ1v) is 7.07. The van der Waals surface area contributed by atoms with Crippen LogP contribution < -0.4 is 10.1 Å². The van der Waals surface area contributed by atoms with Gasteiger partial charge in [-0.1, -0.05) is 15.9 Å². The number of rotatable bonds is 6. The van der Waals surface area contributed by atoms with Gasteiger partial charge in [0.1, 0.15) is 5.75 Å². The number of hydrogen-bond donors (Lipinski definition) is 2. The van der Waals surface area contributed by atoms with E-state index in [4.69, 9.17) is 9.84 Å². The smallest absolute Gasteiger partial charge is 0.305 e. The van der Waals surface area contributed by atoms with Crippen LogP contribution in [0.4, 0.5) is 0 Å². The third-order valence-corrected chi connectivity index (χ3v) is 2.82. The number of ether oxygens (including phenoxy) is 1. The first-order chi connectivity index (χ1) is 9.27. The van der Waals surface area contributed by atoms with Gasteiger partial charge in [-0.15, -0.1) is 0 Å². The minimum atomic E-state index is -0.948. The van der Waals surface area contributed by atoms with Gasteiger partial charge in [0.05, 0.1) is 12.5 Å². The Balaban J connectivity index is 2.82. The average molecular weight is 344 g/mol. The molecule has 0 aliphatic carbocycles. The molecule has 5 nitrogen and oxygen atoms in total. The predicted molar refractivity (Wildman–Crippen MR) is 79.1 cm³/mol. The summed E-state index contributed by atoms with van der Waals surface area (Å²) in [6, 6.07) is 4.63. The molecule has 2 N–H and O–H groups in total. The Morgan fingerprint density at radius 3 is 2.50 bits per heavy atom. The molecule has 0 radical (unpaired) electrons. The van der Waals surface area contributed by atoms with E-state index >= 15 is 0 Å². The van der Waals surface area contributed by atoms with Crippen LogP contribution in [0.5, 0.6) is 5.75 Å². The summed E-state index contributed by atoms with van der Waals surface area (Å²) >= 11 is 3.32. The highest BCUT2D eigenvalue weighted by atomic mass is 79.9. The Hall–Kier alpha value is -1.56.